The molecule has 0 amide bonds. The molecule has 3 N–H and O–H groups in total. The van der Waals surface area contributed by atoms with Gasteiger partial charge in [0.25, 0.3) is 6.43 Å². The molecule has 0 spiro atoms. The Balaban J connectivity index is 1.40. The highest BCUT2D eigenvalue weighted by molar-refractivity contribution is 6.00. The molecule has 43 heavy (non-hydrogen) atoms. The third kappa shape index (κ3) is 6.64. The largest absolute Gasteiger partial charge is 0.481 e. The van der Waals surface area contributed by atoms with E-state index < -0.39 is 30.1 Å². The van der Waals surface area contributed by atoms with Gasteiger partial charge in [0.1, 0.15) is 29.6 Å². The van der Waals surface area contributed by atoms with E-state index in [0.29, 0.717) is 28.5 Å². The van der Waals surface area contributed by atoms with Crippen LogP contribution in [0.3, 0.4) is 0 Å². The number of aliphatic hydroxyl groups excluding tert-OH is 1. The van der Waals surface area contributed by atoms with Crippen LogP contribution in [0.1, 0.15) is 48.9 Å². The van der Waals surface area contributed by atoms with Crippen molar-refractivity contribution in [2.45, 2.75) is 39.0 Å². The molecule has 1 aliphatic carbocycles. The first-order valence-corrected chi connectivity index (χ1v) is 13.9. The van der Waals surface area contributed by atoms with Crippen molar-refractivity contribution in [2.75, 3.05) is 18.7 Å². The number of pyridine rings is 3. The van der Waals surface area contributed by atoms with E-state index in [1.807, 2.05) is 26.0 Å². The van der Waals surface area contributed by atoms with Crippen LogP contribution in [0.2, 0.25) is 0 Å². The number of allylic oxidation sites excluding steroid dienone is 1. The zero-order valence-corrected chi connectivity index (χ0v) is 23.6. The predicted octanol–water partition coefficient (Wildman–Crippen LogP) is 5.38. The van der Waals surface area contributed by atoms with Crippen LogP contribution in [-0.4, -0.2) is 50.3 Å². The Morgan fingerprint density at radius 3 is 2.63 bits per heavy atom. The normalized spacial score (nSPS) is 22.5. The minimum Gasteiger partial charge on any atom is -0.481 e. The summed E-state index contributed by atoms with van der Waals surface area (Å²) >= 11 is 0. The maximum atomic E-state index is 13.4. The number of nitrogens with zero attached hydrogens (tertiary/aromatic N) is 3. The van der Waals surface area contributed by atoms with E-state index in [-0.39, 0.29) is 55.2 Å². The topological polar surface area (TPSA) is 144 Å². The number of carbonyl (C=O) groups excluding carboxylic acids is 1. The number of ether oxygens (including phenoxy) is 2. The summed E-state index contributed by atoms with van der Waals surface area (Å²) in [5, 5.41) is 23.2. The van der Waals surface area contributed by atoms with Crippen LogP contribution in [0.4, 0.5) is 20.4 Å². The molecule has 0 bridgehead atoms. The Labute approximate surface area is 246 Å². The fraction of sp³-hybridized carbons (Fsp3) is 0.387. The van der Waals surface area contributed by atoms with E-state index in [1.54, 1.807) is 18.3 Å². The highest BCUT2D eigenvalue weighted by Crippen LogP contribution is 2.46. The molecular formula is C31H32F2N4O6. The second-order valence-electron chi connectivity index (χ2n) is 11.0. The van der Waals surface area contributed by atoms with Crippen LogP contribution >= 0.6 is 0 Å². The molecule has 1 fully saturated rings. The fourth-order valence-electron chi connectivity index (χ4n) is 6.07. The third-order valence-corrected chi connectivity index (χ3v) is 8.07. The van der Waals surface area contributed by atoms with Crippen molar-refractivity contribution in [1.29, 1.82) is 0 Å². The maximum Gasteiger partial charge on any atom is 0.314 e. The quantitative estimate of drug-likeness (QED) is 0.262. The lowest BCUT2D eigenvalue weighted by Gasteiger charge is -2.41. The van der Waals surface area contributed by atoms with Crippen molar-refractivity contribution in [3.8, 4) is 11.3 Å². The second kappa shape index (κ2) is 12.8. The number of halogens is 2. The number of carboxylic acids is 1. The summed E-state index contributed by atoms with van der Waals surface area (Å²) in [4.78, 5) is 38.6. The fourth-order valence-corrected chi connectivity index (χ4v) is 6.07. The van der Waals surface area contributed by atoms with Gasteiger partial charge in [-0.1, -0.05) is 6.92 Å². The monoisotopic (exact) mass is 594 g/mol. The highest BCUT2D eigenvalue weighted by Gasteiger charge is 2.48. The van der Waals surface area contributed by atoms with Crippen LogP contribution in [-0.2, 0) is 19.1 Å². The number of rotatable bonds is 10. The van der Waals surface area contributed by atoms with Gasteiger partial charge in [-0.15, -0.1) is 0 Å². The summed E-state index contributed by atoms with van der Waals surface area (Å²) in [5.41, 5.74) is 2.54. The zero-order valence-electron chi connectivity index (χ0n) is 23.6. The maximum absolute atomic E-state index is 13.4. The summed E-state index contributed by atoms with van der Waals surface area (Å²) < 4.78 is 36.8. The molecule has 0 aromatic carbocycles. The van der Waals surface area contributed by atoms with E-state index in [4.69, 9.17) is 9.47 Å². The molecule has 1 saturated carbocycles. The van der Waals surface area contributed by atoms with Gasteiger partial charge < -0.3 is 25.0 Å². The molecule has 226 valence electrons. The number of Topliss-reactive ketones (excluding diaryl/α,β-unsaturated/α-hetero) is 1. The summed E-state index contributed by atoms with van der Waals surface area (Å²) in [6.45, 7) is 3.52. The lowest BCUT2D eigenvalue weighted by Crippen LogP contribution is -2.46. The first-order valence-electron chi connectivity index (χ1n) is 13.9. The van der Waals surface area contributed by atoms with Crippen LogP contribution < -0.4 is 5.32 Å². The number of hydrogen-bond acceptors (Lipinski definition) is 9. The molecule has 0 saturated heterocycles. The minimum absolute atomic E-state index is 0.0358. The summed E-state index contributed by atoms with van der Waals surface area (Å²) in [6, 6.07) is 9.73. The number of carbonyl (C=O) groups is 2. The smallest absolute Gasteiger partial charge is 0.314 e. The molecule has 12 heteroatoms. The van der Waals surface area contributed by atoms with Gasteiger partial charge in [-0.25, -0.2) is 18.7 Å². The number of hydrogen-bond donors (Lipinski definition) is 3. The highest BCUT2D eigenvalue weighted by atomic mass is 19.3. The van der Waals surface area contributed by atoms with Crippen molar-refractivity contribution >= 4 is 23.4 Å². The van der Waals surface area contributed by atoms with Crippen molar-refractivity contribution in [1.82, 2.24) is 15.0 Å². The molecule has 2 aliphatic rings. The number of nitrogens with one attached hydrogen (secondary N) is 1. The van der Waals surface area contributed by atoms with Crippen molar-refractivity contribution < 1.29 is 38.1 Å². The number of ketones is 1. The zero-order chi connectivity index (χ0) is 30.7. The number of carboxylic acid groups (broad SMARTS) is 1. The number of anilines is 2. The standard InChI is InChI=1S/C31H32F2N4O6/c1-16-7-25(36-27(8-16)37-26-10-18(30(32)33)5-6-34-26)19-3-4-24(35-12-19)23(13-38)28-17(2)9-22(31(40)41)29(39)21(28)11-20-14-42-15-43-20/h3-8,10,12,14,17,21-23,28,30,38H,9,11,13,15H2,1-2H3,(H,40,41)(H,34,36,37). The Kier molecular flexibility index (Phi) is 8.95. The van der Waals surface area contributed by atoms with Gasteiger partial charge in [0.15, 0.2) is 5.78 Å². The predicted molar refractivity (Wildman–Crippen MR) is 151 cm³/mol. The number of aliphatic carboxylic acids is 1. The Morgan fingerprint density at radius 2 is 1.98 bits per heavy atom. The average molecular weight is 595 g/mol. The van der Waals surface area contributed by atoms with Crippen molar-refractivity contribution in [2.24, 2.45) is 23.7 Å². The first kappa shape index (κ1) is 30.0. The van der Waals surface area contributed by atoms with Crippen LogP contribution in [0, 0.1) is 30.6 Å². The molecule has 5 atom stereocenters. The van der Waals surface area contributed by atoms with Crippen molar-refractivity contribution in [3.05, 3.63) is 77.6 Å². The summed E-state index contributed by atoms with van der Waals surface area (Å²) in [5.74, 6) is -3.38. The lowest BCUT2D eigenvalue weighted by molar-refractivity contribution is -0.153. The van der Waals surface area contributed by atoms with Crippen LogP contribution in [0.25, 0.3) is 11.3 Å². The molecule has 5 rings (SSSR count). The minimum atomic E-state index is -2.62. The molecule has 10 nitrogen and oxygen atoms in total. The van der Waals surface area contributed by atoms with Gasteiger partial charge in [0, 0.05) is 47.5 Å². The summed E-state index contributed by atoms with van der Waals surface area (Å²) in [6.07, 6.45) is 2.08. The Bertz CT molecular complexity index is 1520. The Morgan fingerprint density at radius 1 is 1.16 bits per heavy atom. The van der Waals surface area contributed by atoms with E-state index >= 15 is 0 Å². The second-order valence-corrected chi connectivity index (χ2v) is 11.0. The average Bonchev–Trinajstić information content (AvgIpc) is 3.50. The molecule has 3 aromatic rings. The molecule has 5 unspecified atom stereocenters. The molecule has 1 aliphatic heterocycles. The van der Waals surface area contributed by atoms with Gasteiger partial charge >= 0.3 is 5.97 Å². The van der Waals surface area contributed by atoms with Crippen LogP contribution in [0.15, 0.2) is 60.8 Å². The van der Waals surface area contributed by atoms with Gasteiger partial charge in [-0.3, -0.25) is 14.6 Å². The number of aryl methyl sites for hydroxylation is 1. The molecule has 3 aromatic heterocycles. The van der Waals surface area contributed by atoms with Crippen LogP contribution in [0.5, 0.6) is 0 Å². The molecule has 0 radical (unpaired) electrons. The van der Waals surface area contributed by atoms with Gasteiger partial charge in [0.05, 0.1) is 12.3 Å². The van der Waals surface area contributed by atoms with Gasteiger partial charge in [-0.05, 0) is 67.1 Å². The first-order chi connectivity index (χ1) is 20.6. The van der Waals surface area contributed by atoms with Gasteiger partial charge in [-0.2, -0.15) is 0 Å². The molecule has 4 heterocycles. The van der Waals surface area contributed by atoms with E-state index in [0.717, 1.165) is 5.56 Å². The third-order valence-electron chi connectivity index (χ3n) is 8.07. The summed E-state index contributed by atoms with van der Waals surface area (Å²) in [7, 11) is 0. The lowest BCUT2D eigenvalue weighted by atomic mass is 9.61. The number of aromatic nitrogens is 3. The molecular weight excluding hydrogens is 562 g/mol. The number of aliphatic hydroxyl groups is 1. The van der Waals surface area contributed by atoms with E-state index in [2.05, 4.69) is 20.3 Å². The van der Waals surface area contributed by atoms with Gasteiger partial charge in [0.2, 0.25) is 6.79 Å². The number of alkyl halides is 2. The van der Waals surface area contributed by atoms with E-state index in [9.17, 15) is 28.6 Å². The Hall–Kier alpha value is -4.45. The van der Waals surface area contributed by atoms with E-state index in [1.165, 1.54) is 24.6 Å². The SMILES string of the molecule is Cc1cc(Nc2cc(C(F)F)ccn2)nc(-c2ccc(C(CO)C3C(C)CC(C(=O)O)C(=O)C3CC3=COCO3)nc2)c1. The van der Waals surface area contributed by atoms with Crippen molar-refractivity contribution in [3.63, 3.8) is 0 Å².